The van der Waals surface area contributed by atoms with E-state index in [0.717, 1.165) is 49.5 Å². The summed E-state index contributed by atoms with van der Waals surface area (Å²) in [6.45, 7) is 11.0. The van der Waals surface area contributed by atoms with Crippen molar-refractivity contribution in [1.82, 2.24) is 5.32 Å². The quantitative estimate of drug-likeness (QED) is 0.322. The number of piperidine rings is 1. The van der Waals surface area contributed by atoms with Crippen molar-refractivity contribution in [1.29, 1.82) is 0 Å². The zero-order valence-corrected chi connectivity index (χ0v) is 22.0. The molecule has 4 aliphatic carbocycles. The second-order valence-electron chi connectivity index (χ2n) is 13.0. The molecular weight excluding hydrogens is 462 g/mol. The first-order valence-corrected chi connectivity index (χ1v) is 14.4. The average molecular weight is 505 g/mol. The highest BCUT2D eigenvalue weighted by atomic mass is 79.9. The molecule has 6 aliphatic rings. The topological polar surface area (TPSA) is 38.3 Å². The molecule has 1 N–H and O–H groups in total. The van der Waals surface area contributed by atoms with Gasteiger partial charge in [0.15, 0.2) is 0 Å². The summed E-state index contributed by atoms with van der Waals surface area (Å²) in [6.07, 6.45) is 11.0. The van der Waals surface area contributed by atoms with Crippen LogP contribution in [0.4, 0.5) is 0 Å². The number of rotatable bonds is 0. The fourth-order valence-corrected chi connectivity index (χ4v) is 10.5. The third-order valence-corrected chi connectivity index (χ3v) is 12.3. The fourth-order valence-electron chi connectivity index (χ4n) is 9.62. The van der Waals surface area contributed by atoms with Crippen molar-refractivity contribution in [2.24, 2.45) is 40.9 Å². The van der Waals surface area contributed by atoms with Crippen LogP contribution in [0.3, 0.4) is 0 Å². The van der Waals surface area contributed by atoms with Gasteiger partial charge in [-0.3, -0.25) is 4.79 Å². The van der Waals surface area contributed by atoms with Crippen LogP contribution < -0.4 is 5.32 Å². The van der Waals surface area contributed by atoms with Gasteiger partial charge in [0, 0.05) is 18.4 Å². The third-order valence-electron chi connectivity index (χ3n) is 11.4. The van der Waals surface area contributed by atoms with Crippen molar-refractivity contribution in [3.05, 3.63) is 11.1 Å². The summed E-state index contributed by atoms with van der Waals surface area (Å²) in [5.41, 5.74) is 3.83. The van der Waals surface area contributed by atoms with Crippen molar-refractivity contribution < 1.29 is 9.53 Å². The van der Waals surface area contributed by atoms with E-state index >= 15 is 0 Å². The van der Waals surface area contributed by atoms with Gasteiger partial charge in [0.1, 0.15) is 5.78 Å². The van der Waals surface area contributed by atoms with Gasteiger partial charge in [-0.1, -0.05) is 47.8 Å². The molecule has 32 heavy (non-hydrogen) atoms. The highest BCUT2D eigenvalue weighted by Crippen LogP contribution is 2.65. The maximum atomic E-state index is 12.5. The van der Waals surface area contributed by atoms with Gasteiger partial charge in [-0.05, 0) is 99.8 Å². The third kappa shape index (κ3) is 3.14. The van der Waals surface area contributed by atoms with E-state index in [2.05, 4.69) is 48.9 Å². The van der Waals surface area contributed by atoms with Gasteiger partial charge >= 0.3 is 0 Å². The smallest absolute Gasteiger partial charge is 0.146 e. The lowest BCUT2D eigenvalue weighted by Crippen LogP contribution is -2.49. The molecule has 0 aromatic carbocycles. The molecule has 0 aromatic rings. The molecule has 0 bridgehead atoms. The molecule has 178 valence electrons. The minimum Gasteiger partial charge on any atom is -0.369 e. The van der Waals surface area contributed by atoms with Crippen LogP contribution in [-0.4, -0.2) is 34.9 Å². The highest BCUT2D eigenvalue weighted by Gasteiger charge is 2.60. The Kier molecular flexibility index (Phi) is 5.33. The number of carbonyl (C=O) groups excluding carboxylic acids is 1. The largest absolute Gasteiger partial charge is 0.369 e. The summed E-state index contributed by atoms with van der Waals surface area (Å²) in [6, 6.07) is 0.541. The maximum absolute atomic E-state index is 12.5. The van der Waals surface area contributed by atoms with Crippen LogP contribution in [0.15, 0.2) is 11.1 Å². The lowest BCUT2D eigenvalue weighted by molar-refractivity contribution is -0.128. The first-order chi connectivity index (χ1) is 15.2. The number of fused-ring (bicyclic) bond motifs is 6. The number of carbonyl (C=O) groups is 1. The van der Waals surface area contributed by atoms with Crippen LogP contribution in [-0.2, 0) is 9.53 Å². The van der Waals surface area contributed by atoms with Gasteiger partial charge in [0.05, 0.1) is 16.5 Å². The van der Waals surface area contributed by atoms with Gasteiger partial charge in [0.2, 0.25) is 0 Å². The van der Waals surface area contributed by atoms with Gasteiger partial charge in [0.25, 0.3) is 0 Å². The Labute approximate surface area is 203 Å². The van der Waals surface area contributed by atoms with Crippen LogP contribution in [0.2, 0.25) is 0 Å². The number of alkyl halides is 1. The molecule has 11 atom stereocenters. The molecular formula is C28H42BrNO2. The Morgan fingerprint density at radius 3 is 2.78 bits per heavy atom. The van der Waals surface area contributed by atoms with Gasteiger partial charge in [-0.15, -0.1) is 0 Å². The molecule has 0 radical (unpaired) electrons. The Balaban J connectivity index is 1.28. The highest BCUT2D eigenvalue weighted by molar-refractivity contribution is 9.10. The number of allylic oxidation sites excluding steroid dienone is 1. The molecule has 0 amide bonds. The summed E-state index contributed by atoms with van der Waals surface area (Å²) in [5, 5.41) is 3.85. The minimum absolute atomic E-state index is 0.0443. The van der Waals surface area contributed by atoms with E-state index in [1.807, 2.05) is 0 Å². The number of hydrogen-bond acceptors (Lipinski definition) is 3. The number of nitrogens with one attached hydrogen (secondary N) is 1. The fraction of sp³-hybridized carbons (Fsp3) is 0.893. The minimum atomic E-state index is 0.0443. The summed E-state index contributed by atoms with van der Waals surface area (Å²) in [4.78, 5) is 12.5. The SMILES string of the molecule is CC1=C2C[C@H]3[C@@H](CC[C@@H]4CC(=O)C(Br)C[C@@]43C)[C@@H]2CC[C@@]2(C1)O[C@@H]1C[C@H](C)CN[C@H]1[C@H]2C. The Morgan fingerprint density at radius 1 is 1.16 bits per heavy atom. The van der Waals surface area contributed by atoms with Crippen LogP contribution in [0.1, 0.15) is 85.5 Å². The van der Waals surface area contributed by atoms with E-state index in [4.69, 9.17) is 4.74 Å². The number of halogens is 1. The van der Waals surface area contributed by atoms with Crippen LogP contribution in [0, 0.1) is 40.9 Å². The van der Waals surface area contributed by atoms with Crippen LogP contribution >= 0.6 is 15.9 Å². The predicted molar refractivity (Wildman–Crippen MR) is 132 cm³/mol. The number of hydrogen-bond donors (Lipinski definition) is 1. The monoisotopic (exact) mass is 503 g/mol. The molecule has 4 heteroatoms. The zero-order valence-electron chi connectivity index (χ0n) is 20.5. The second-order valence-corrected chi connectivity index (χ2v) is 14.1. The molecule has 6 rings (SSSR count). The molecule has 2 saturated heterocycles. The van der Waals surface area contributed by atoms with Gasteiger partial charge in [-0.25, -0.2) is 0 Å². The van der Waals surface area contributed by atoms with E-state index in [1.54, 1.807) is 11.1 Å². The Hall–Kier alpha value is -0.190. The van der Waals surface area contributed by atoms with Gasteiger partial charge < -0.3 is 10.1 Å². The molecule has 3 saturated carbocycles. The molecule has 2 heterocycles. The standard InChI is InChI=1S/C28H42BrNO2/c1-15-9-25-26(30-14-15)17(3)28(32-25)8-7-19-20-6-5-18-10-24(31)23(29)13-27(18,4)22(20)11-21(19)16(2)12-28/h15,17-20,22-23,25-26,30H,5-14H2,1-4H3/t15-,17+,18+,19-,20-,22-,23?,25+,26-,27-,28-/m0/s1. The number of ketones is 1. The van der Waals surface area contributed by atoms with Crippen LogP contribution in [0.5, 0.6) is 0 Å². The summed E-state index contributed by atoms with van der Waals surface area (Å²) in [5.74, 6) is 4.72. The normalized spacial score (nSPS) is 55.3. The first kappa shape index (κ1) is 22.3. The van der Waals surface area contributed by atoms with Crippen molar-refractivity contribution in [2.45, 2.75) is 108 Å². The second kappa shape index (κ2) is 7.65. The first-order valence-electron chi connectivity index (χ1n) is 13.5. The molecule has 1 unspecified atom stereocenters. The summed E-state index contributed by atoms with van der Waals surface area (Å²) < 4.78 is 7.02. The zero-order chi connectivity index (χ0) is 22.4. The molecule has 5 fully saturated rings. The van der Waals surface area contributed by atoms with E-state index < -0.39 is 0 Å². The van der Waals surface area contributed by atoms with Crippen molar-refractivity contribution in [3.63, 3.8) is 0 Å². The average Bonchev–Trinajstić information content (AvgIpc) is 3.19. The van der Waals surface area contributed by atoms with E-state index in [-0.39, 0.29) is 10.4 Å². The van der Waals surface area contributed by atoms with E-state index in [0.29, 0.717) is 35.2 Å². The Bertz CT molecular complexity index is 839. The number of ether oxygens (including phenoxy) is 1. The molecule has 0 aromatic heterocycles. The Morgan fingerprint density at radius 2 is 1.97 bits per heavy atom. The van der Waals surface area contributed by atoms with Crippen molar-refractivity contribution in [2.75, 3.05) is 6.54 Å². The van der Waals surface area contributed by atoms with E-state index in [9.17, 15) is 4.79 Å². The molecule has 1 spiro atoms. The molecule has 3 nitrogen and oxygen atoms in total. The summed E-state index contributed by atoms with van der Waals surface area (Å²) in [7, 11) is 0. The van der Waals surface area contributed by atoms with E-state index in [1.165, 1.54) is 38.5 Å². The maximum Gasteiger partial charge on any atom is 0.146 e. The van der Waals surface area contributed by atoms with Crippen LogP contribution in [0.25, 0.3) is 0 Å². The van der Waals surface area contributed by atoms with Crippen molar-refractivity contribution >= 4 is 21.7 Å². The lowest BCUT2D eigenvalue weighted by Gasteiger charge is -2.53. The number of Topliss-reactive ketones (excluding diaryl/α,β-unsaturated/α-hetero) is 1. The van der Waals surface area contributed by atoms with Gasteiger partial charge in [-0.2, -0.15) is 0 Å². The van der Waals surface area contributed by atoms with Crippen molar-refractivity contribution in [3.8, 4) is 0 Å². The molecule has 2 aliphatic heterocycles. The predicted octanol–water partition coefficient (Wildman–Crippen LogP) is 6.05. The lowest BCUT2D eigenvalue weighted by atomic mass is 9.52. The summed E-state index contributed by atoms with van der Waals surface area (Å²) >= 11 is 3.75.